The Labute approximate surface area is 82.1 Å². The minimum atomic E-state index is 0.447. The summed E-state index contributed by atoms with van der Waals surface area (Å²) in [5, 5.41) is 0. The first kappa shape index (κ1) is 8.87. The Kier molecular flexibility index (Phi) is 2.04. The van der Waals surface area contributed by atoms with Gasteiger partial charge in [0, 0.05) is 5.56 Å². The molecule has 0 aliphatic rings. The highest BCUT2D eigenvalue weighted by molar-refractivity contribution is 5.83. The molecular weight excluding hydrogens is 178 g/mol. The van der Waals surface area contributed by atoms with Gasteiger partial charge in [-0.2, -0.15) is 0 Å². The first-order valence-corrected chi connectivity index (χ1v) is 4.57. The number of hydrogen-bond acceptors (Lipinski definition) is 3. The highest BCUT2D eigenvalue weighted by atomic mass is 16.5. The summed E-state index contributed by atoms with van der Waals surface area (Å²) in [6, 6.07) is 3.86. The van der Waals surface area contributed by atoms with Gasteiger partial charge in [-0.3, -0.25) is 0 Å². The van der Waals surface area contributed by atoms with E-state index in [2.05, 4.69) is 16.9 Å². The van der Waals surface area contributed by atoms with Crippen LogP contribution in [0.1, 0.15) is 12.5 Å². The molecule has 14 heavy (non-hydrogen) atoms. The lowest BCUT2D eigenvalue weighted by Gasteiger charge is -2.05. The number of rotatable bonds is 2. The number of benzene rings is 1. The van der Waals surface area contributed by atoms with Gasteiger partial charge in [-0.05, 0) is 18.6 Å². The number of nitrogens with zero attached hydrogens (tertiary/aromatic N) is 1. The van der Waals surface area contributed by atoms with Gasteiger partial charge in [0.05, 0.1) is 18.1 Å². The number of hydrogen-bond donors (Lipinski definition) is 2. The number of aromatic nitrogens is 2. The second-order valence-electron chi connectivity index (χ2n) is 3.12. The van der Waals surface area contributed by atoms with E-state index in [4.69, 9.17) is 10.5 Å². The molecule has 0 atom stereocenters. The number of nitrogen functional groups attached to an aromatic ring is 1. The number of aryl methyl sites for hydroxylation is 1. The van der Waals surface area contributed by atoms with Crippen molar-refractivity contribution in [1.29, 1.82) is 0 Å². The van der Waals surface area contributed by atoms with E-state index in [1.165, 1.54) is 0 Å². The van der Waals surface area contributed by atoms with Gasteiger partial charge in [0.1, 0.15) is 5.75 Å². The molecule has 1 heterocycles. The molecule has 0 saturated carbocycles. The number of imidazole rings is 1. The van der Waals surface area contributed by atoms with Crippen LogP contribution in [0.2, 0.25) is 0 Å². The third-order valence-electron chi connectivity index (χ3n) is 2.31. The monoisotopic (exact) mass is 191 g/mol. The molecule has 0 aliphatic heterocycles. The fourth-order valence-electron chi connectivity index (χ4n) is 1.67. The lowest BCUT2D eigenvalue weighted by molar-refractivity contribution is 0.411. The Balaban J connectivity index is 2.75. The van der Waals surface area contributed by atoms with Gasteiger partial charge in [0.25, 0.3) is 0 Å². The number of fused-ring (bicyclic) bond motifs is 1. The molecule has 0 saturated heterocycles. The van der Waals surface area contributed by atoms with Crippen LogP contribution in [0, 0.1) is 0 Å². The third kappa shape index (κ3) is 1.19. The number of nitrogens with one attached hydrogen (secondary N) is 1. The van der Waals surface area contributed by atoms with Gasteiger partial charge in [-0.1, -0.05) is 6.92 Å². The summed E-state index contributed by atoms with van der Waals surface area (Å²) >= 11 is 0. The summed E-state index contributed by atoms with van der Waals surface area (Å²) in [5.74, 6) is 1.31. The van der Waals surface area contributed by atoms with E-state index in [9.17, 15) is 0 Å². The van der Waals surface area contributed by atoms with Crippen molar-refractivity contribution < 1.29 is 4.74 Å². The standard InChI is InChI=1S/C10H13N3O/c1-3-6-8(14-2)5-4-7-9(6)13-10(11)12-7/h4-5H,3H2,1-2H3,(H3,11,12,13). The van der Waals surface area contributed by atoms with Crippen LogP contribution in [0.25, 0.3) is 11.0 Å². The first-order valence-electron chi connectivity index (χ1n) is 4.57. The molecule has 0 aliphatic carbocycles. The Morgan fingerprint density at radius 1 is 1.50 bits per heavy atom. The Bertz CT molecular complexity index is 462. The zero-order valence-corrected chi connectivity index (χ0v) is 8.29. The highest BCUT2D eigenvalue weighted by Gasteiger charge is 2.09. The molecule has 0 fully saturated rings. The zero-order chi connectivity index (χ0) is 10.1. The summed E-state index contributed by atoms with van der Waals surface area (Å²) < 4.78 is 5.26. The van der Waals surface area contributed by atoms with Crippen molar-refractivity contribution in [3.63, 3.8) is 0 Å². The zero-order valence-electron chi connectivity index (χ0n) is 8.29. The molecule has 4 heteroatoms. The second kappa shape index (κ2) is 3.21. The molecular formula is C10H13N3O. The SMILES string of the molecule is CCc1c(OC)ccc2[nH]c(N)nc12. The van der Waals surface area contributed by atoms with Crippen LogP contribution in [0.5, 0.6) is 5.75 Å². The minimum absolute atomic E-state index is 0.447. The van der Waals surface area contributed by atoms with Crippen LogP contribution in [0.3, 0.4) is 0 Å². The summed E-state index contributed by atoms with van der Waals surface area (Å²) in [6.45, 7) is 2.07. The number of H-pyrrole nitrogens is 1. The largest absolute Gasteiger partial charge is 0.496 e. The van der Waals surface area contributed by atoms with Crippen LogP contribution in [0.15, 0.2) is 12.1 Å². The van der Waals surface area contributed by atoms with Crippen molar-refractivity contribution in [2.24, 2.45) is 0 Å². The van der Waals surface area contributed by atoms with Crippen LogP contribution in [-0.2, 0) is 6.42 Å². The maximum atomic E-state index is 5.60. The van der Waals surface area contributed by atoms with Gasteiger partial charge < -0.3 is 15.5 Å². The Morgan fingerprint density at radius 2 is 2.29 bits per heavy atom. The predicted octanol–water partition coefficient (Wildman–Crippen LogP) is 1.72. The predicted molar refractivity (Wildman–Crippen MR) is 56.4 cm³/mol. The van der Waals surface area contributed by atoms with Crippen molar-refractivity contribution in [2.45, 2.75) is 13.3 Å². The van der Waals surface area contributed by atoms with E-state index in [0.717, 1.165) is 28.8 Å². The Morgan fingerprint density at radius 3 is 2.93 bits per heavy atom. The van der Waals surface area contributed by atoms with Gasteiger partial charge in [-0.25, -0.2) is 4.98 Å². The normalized spacial score (nSPS) is 10.7. The average molecular weight is 191 g/mol. The van der Waals surface area contributed by atoms with Gasteiger partial charge in [0.15, 0.2) is 5.95 Å². The lowest BCUT2D eigenvalue weighted by atomic mass is 10.1. The Hall–Kier alpha value is -1.71. The molecule has 74 valence electrons. The molecule has 3 N–H and O–H groups in total. The fraction of sp³-hybridized carbons (Fsp3) is 0.300. The van der Waals surface area contributed by atoms with Gasteiger partial charge in [0.2, 0.25) is 0 Å². The van der Waals surface area contributed by atoms with Crippen LogP contribution < -0.4 is 10.5 Å². The van der Waals surface area contributed by atoms with Crippen LogP contribution in [0.4, 0.5) is 5.95 Å². The molecule has 0 bridgehead atoms. The number of ether oxygens (including phenoxy) is 1. The number of methoxy groups -OCH3 is 1. The highest BCUT2D eigenvalue weighted by Crippen LogP contribution is 2.27. The molecule has 0 unspecified atom stereocenters. The number of nitrogens with two attached hydrogens (primary N) is 1. The molecule has 2 rings (SSSR count). The lowest BCUT2D eigenvalue weighted by Crippen LogP contribution is -1.91. The smallest absolute Gasteiger partial charge is 0.198 e. The molecule has 0 spiro atoms. The molecule has 4 nitrogen and oxygen atoms in total. The van der Waals surface area contributed by atoms with Crippen LogP contribution >= 0.6 is 0 Å². The molecule has 0 radical (unpaired) electrons. The first-order chi connectivity index (χ1) is 6.76. The van der Waals surface area contributed by atoms with E-state index in [-0.39, 0.29) is 0 Å². The van der Waals surface area contributed by atoms with E-state index in [1.807, 2.05) is 12.1 Å². The van der Waals surface area contributed by atoms with E-state index < -0.39 is 0 Å². The number of anilines is 1. The topological polar surface area (TPSA) is 63.9 Å². The van der Waals surface area contributed by atoms with E-state index in [1.54, 1.807) is 7.11 Å². The van der Waals surface area contributed by atoms with Gasteiger partial charge >= 0.3 is 0 Å². The third-order valence-corrected chi connectivity index (χ3v) is 2.31. The minimum Gasteiger partial charge on any atom is -0.496 e. The second-order valence-corrected chi connectivity index (χ2v) is 3.12. The quantitative estimate of drug-likeness (QED) is 0.759. The maximum absolute atomic E-state index is 5.60. The van der Waals surface area contributed by atoms with Crippen molar-refractivity contribution in [3.8, 4) is 5.75 Å². The van der Waals surface area contributed by atoms with Crippen molar-refractivity contribution in [2.75, 3.05) is 12.8 Å². The summed E-state index contributed by atoms with van der Waals surface area (Å²) in [5.41, 5.74) is 8.56. The van der Waals surface area contributed by atoms with Crippen molar-refractivity contribution >= 4 is 17.0 Å². The summed E-state index contributed by atoms with van der Waals surface area (Å²) in [7, 11) is 1.66. The fourth-order valence-corrected chi connectivity index (χ4v) is 1.67. The van der Waals surface area contributed by atoms with Gasteiger partial charge in [-0.15, -0.1) is 0 Å². The average Bonchev–Trinajstić information content (AvgIpc) is 2.56. The molecule has 0 amide bonds. The molecule has 2 aromatic rings. The summed E-state index contributed by atoms with van der Waals surface area (Å²) in [6.07, 6.45) is 0.880. The van der Waals surface area contributed by atoms with E-state index in [0.29, 0.717) is 5.95 Å². The maximum Gasteiger partial charge on any atom is 0.198 e. The van der Waals surface area contributed by atoms with Crippen molar-refractivity contribution in [3.05, 3.63) is 17.7 Å². The molecule has 1 aromatic heterocycles. The number of aromatic amines is 1. The van der Waals surface area contributed by atoms with Crippen LogP contribution in [-0.4, -0.2) is 17.1 Å². The van der Waals surface area contributed by atoms with Crippen molar-refractivity contribution in [1.82, 2.24) is 9.97 Å². The molecule has 1 aromatic carbocycles. The summed E-state index contributed by atoms with van der Waals surface area (Å²) in [4.78, 5) is 7.23. The van der Waals surface area contributed by atoms with E-state index >= 15 is 0 Å².